The molecule has 7 heteroatoms. The minimum absolute atomic E-state index is 0.315. The van der Waals surface area contributed by atoms with Gasteiger partial charge in [0.05, 0.1) is 16.7 Å². The van der Waals surface area contributed by atoms with Crippen LogP contribution in [0.25, 0.3) is 6.08 Å². The van der Waals surface area contributed by atoms with E-state index in [0.717, 1.165) is 17.4 Å². The fourth-order valence-electron chi connectivity index (χ4n) is 2.36. The van der Waals surface area contributed by atoms with Crippen LogP contribution < -0.4 is 4.74 Å². The van der Waals surface area contributed by atoms with E-state index in [0.29, 0.717) is 34.4 Å². The van der Waals surface area contributed by atoms with Crippen molar-refractivity contribution in [3.63, 3.8) is 0 Å². The lowest BCUT2D eigenvalue weighted by Crippen LogP contribution is -2.00. The number of allylic oxidation sites excluding steroid dienone is 1. The van der Waals surface area contributed by atoms with Crippen LogP contribution in [0.5, 0.6) is 5.75 Å². The van der Waals surface area contributed by atoms with E-state index in [4.69, 9.17) is 33.2 Å². The number of halogens is 2. The van der Waals surface area contributed by atoms with Crippen molar-refractivity contribution >= 4 is 39.1 Å². The molecule has 0 aliphatic heterocycles. The first-order valence-electron chi connectivity index (χ1n) is 7.76. The number of nitrogens with zero attached hydrogens (tertiary/aromatic N) is 1. The zero-order chi connectivity index (χ0) is 19.3. The topological polar surface area (TPSA) is 67.2 Å². The smallest absolute Gasteiger partial charge is 0.185 e. The molecule has 0 spiro atoms. The summed E-state index contributed by atoms with van der Waals surface area (Å²) in [4.78, 5) is -0.315. The zero-order valence-electron chi connectivity index (χ0n) is 14.3. The van der Waals surface area contributed by atoms with Gasteiger partial charge in [-0.05, 0) is 54.8 Å². The maximum Gasteiger partial charge on any atom is 0.185 e. The summed E-state index contributed by atoms with van der Waals surface area (Å²) in [6.07, 6.45) is 2.91. The number of hydrogen-bond acceptors (Lipinski definition) is 4. The summed E-state index contributed by atoms with van der Waals surface area (Å²) in [7, 11) is -3.61. The Bertz CT molecular complexity index is 992. The van der Waals surface area contributed by atoms with Gasteiger partial charge in [0.15, 0.2) is 9.84 Å². The van der Waals surface area contributed by atoms with Crippen molar-refractivity contribution in [2.24, 2.45) is 0 Å². The molecule has 0 aliphatic carbocycles. The Morgan fingerprint density at radius 1 is 1.15 bits per heavy atom. The van der Waals surface area contributed by atoms with Gasteiger partial charge in [-0.1, -0.05) is 35.3 Å². The molecule has 0 radical (unpaired) electrons. The largest absolute Gasteiger partial charge is 0.493 e. The van der Waals surface area contributed by atoms with E-state index < -0.39 is 9.84 Å². The van der Waals surface area contributed by atoms with Crippen molar-refractivity contribution < 1.29 is 13.2 Å². The molecule has 2 rings (SSSR count). The van der Waals surface area contributed by atoms with E-state index in [2.05, 4.69) is 0 Å². The van der Waals surface area contributed by atoms with E-state index in [-0.39, 0.29) is 4.91 Å². The lowest BCUT2D eigenvalue weighted by Gasteiger charge is -2.11. The molecule has 0 saturated heterocycles. The predicted molar refractivity (Wildman–Crippen MR) is 105 cm³/mol. The van der Waals surface area contributed by atoms with E-state index >= 15 is 0 Å². The Labute approximate surface area is 163 Å². The number of hydrogen-bond donors (Lipinski definition) is 0. The number of sulfone groups is 1. The molecule has 0 saturated carbocycles. The van der Waals surface area contributed by atoms with Gasteiger partial charge in [0, 0.05) is 11.8 Å². The summed E-state index contributed by atoms with van der Waals surface area (Å²) in [6.45, 7) is 2.26. The van der Waals surface area contributed by atoms with E-state index in [1.807, 2.05) is 19.1 Å². The van der Waals surface area contributed by atoms with Crippen LogP contribution in [-0.4, -0.2) is 21.3 Å². The Morgan fingerprint density at radius 3 is 2.38 bits per heavy atom. The lowest BCUT2D eigenvalue weighted by molar-refractivity contribution is 0.339. The molecule has 0 bridgehead atoms. The first-order chi connectivity index (χ1) is 12.2. The van der Waals surface area contributed by atoms with Gasteiger partial charge in [-0.3, -0.25) is 0 Å². The molecule has 0 atom stereocenters. The predicted octanol–water partition coefficient (Wildman–Crippen LogP) is 4.89. The van der Waals surface area contributed by atoms with E-state index in [1.165, 1.54) is 6.08 Å². The van der Waals surface area contributed by atoms with Crippen LogP contribution in [-0.2, 0) is 16.3 Å². The normalized spacial score (nSPS) is 11.9. The summed E-state index contributed by atoms with van der Waals surface area (Å²) in [5.41, 5.74) is 2.41. The second-order valence-corrected chi connectivity index (χ2v) is 8.42. The van der Waals surface area contributed by atoms with Gasteiger partial charge in [-0.25, -0.2) is 8.42 Å². The molecule has 0 aliphatic rings. The molecule has 4 nitrogen and oxygen atoms in total. The van der Waals surface area contributed by atoms with Crippen molar-refractivity contribution in [3.05, 3.63) is 68.0 Å². The second kappa shape index (κ2) is 8.59. The quantitative estimate of drug-likeness (QED) is 0.636. The Hall–Kier alpha value is -2.00. The first kappa shape index (κ1) is 20.3. The van der Waals surface area contributed by atoms with Crippen LogP contribution in [0.15, 0.2) is 41.3 Å². The highest BCUT2D eigenvalue weighted by molar-refractivity contribution is 7.95. The summed E-state index contributed by atoms with van der Waals surface area (Å²) in [5, 5.41) is 10.1. The zero-order valence-corrected chi connectivity index (χ0v) is 16.6. The Kier molecular flexibility index (Phi) is 6.71. The van der Waals surface area contributed by atoms with Gasteiger partial charge >= 0.3 is 0 Å². The fourth-order valence-corrected chi connectivity index (χ4v) is 3.18. The van der Waals surface area contributed by atoms with Crippen molar-refractivity contribution in [1.29, 1.82) is 5.26 Å². The molecule has 0 N–H and O–H groups in total. The van der Waals surface area contributed by atoms with E-state index in [9.17, 15) is 8.42 Å². The third-order valence-corrected chi connectivity index (χ3v) is 5.31. The maximum absolute atomic E-state index is 11.7. The number of rotatable bonds is 6. The molecule has 0 unspecified atom stereocenters. The Balaban J connectivity index is 2.46. The van der Waals surface area contributed by atoms with E-state index in [1.54, 1.807) is 30.3 Å². The van der Waals surface area contributed by atoms with Gasteiger partial charge in [-0.15, -0.1) is 0 Å². The number of ether oxygens (including phenoxy) is 1. The SMILES string of the molecule is CCOc1ccc(Cc2ccc(Cl)c(Cl)c2)cc1/C=C(\C#N)S(C)(=O)=O. The maximum atomic E-state index is 11.7. The van der Waals surface area contributed by atoms with Crippen molar-refractivity contribution in [3.8, 4) is 11.8 Å². The lowest BCUT2D eigenvalue weighted by atomic mass is 10.0. The first-order valence-corrected chi connectivity index (χ1v) is 10.4. The highest BCUT2D eigenvalue weighted by Gasteiger charge is 2.13. The minimum Gasteiger partial charge on any atom is -0.493 e. The molecule has 136 valence electrons. The molecule has 26 heavy (non-hydrogen) atoms. The molecular formula is C19H17Cl2NO3S. The molecule has 0 heterocycles. The summed E-state index contributed by atoms with van der Waals surface area (Å²) in [6, 6.07) is 12.6. The standard InChI is InChI=1S/C19H17Cl2NO3S/c1-3-25-19-7-5-13(8-14-4-6-17(20)18(21)10-14)9-15(19)11-16(12-22)26(2,23)24/h4-7,9-11H,3,8H2,1-2H3/b16-11+. The molecular weight excluding hydrogens is 393 g/mol. The van der Waals surface area contributed by atoms with Crippen molar-refractivity contribution in [1.82, 2.24) is 0 Å². The average Bonchev–Trinajstić information content (AvgIpc) is 2.57. The number of nitriles is 1. The summed E-state index contributed by atoms with van der Waals surface area (Å²) in [5.74, 6) is 0.516. The van der Waals surface area contributed by atoms with Gasteiger partial charge in [-0.2, -0.15) is 5.26 Å². The molecule has 0 aromatic heterocycles. The van der Waals surface area contributed by atoms with Crippen LogP contribution in [0, 0.1) is 11.3 Å². The van der Waals surface area contributed by atoms with Crippen LogP contribution in [0.1, 0.15) is 23.6 Å². The number of benzene rings is 2. The summed E-state index contributed by atoms with van der Waals surface area (Å²) < 4.78 is 29.0. The highest BCUT2D eigenvalue weighted by atomic mass is 35.5. The van der Waals surface area contributed by atoms with Crippen LogP contribution in [0.3, 0.4) is 0 Å². The van der Waals surface area contributed by atoms with Crippen LogP contribution >= 0.6 is 23.2 Å². The second-order valence-electron chi connectivity index (χ2n) is 5.62. The molecule has 2 aromatic carbocycles. The molecule has 0 fully saturated rings. The molecule has 2 aromatic rings. The third kappa shape index (κ3) is 5.25. The van der Waals surface area contributed by atoms with Gasteiger partial charge in [0.25, 0.3) is 0 Å². The van der Waals surface area contributed by atoms with Crippen molar-refractivity contribution in [2.75, 3.05) is 12.9 Å². The fraction of sp³-hybridized carbons (Fsp3) is 0.211. The monoisotopic (exact) mass is 409 g/mol. The van der Waals surface area contributed by atoms with Gasteiger partial charge in [0.1, 0.15) is 16.7 Å². The van der Waals surface area contributed by atoms with Crippen LogP contribution in [0.4, 0.5) is 0 Å². The Morgan fingerprint density at radius 2 is 1.81 bits per heavy atom. The minimum atomic E-state index is -3.61. The average molecular weight is 410 g/mol. The van der Waals surface area contributed by atoms with Gasteiger partial charge in [0.2, 0.25) is 0 Å². The highest BCUT2D eigenvalue weighted by Crippen LogP contribution is 2.27. The molecule has 0 amide bonds. The third-order valence-electron chi connectivity index (χ3n) is 3.56. The van der Waals surface area contributed by atoms with Crippen molar-refractivity contribution in [2.45, 2.75) is 13.3 Å². The van der Waals surface area contributed by atoms with Crippen LogP contribution in [0.2, 0.25) is 10.0 Å². The van der Waals surface area contributed by atoms with Gasteiger partial charge < -0.3 is 4.74 Å². The summed E-state index contributed by atoms with van der Waals surface area (Å²) >= 11 is 12.0.